The molecule has 222 valence electrons. The maximum atomic E-state index is 13.6. The largest absolute Gasteiger partial charge is 0.455 e. The minimum Gasteiger partial charge on any atom is -0.455 e. The van der Waals surface area contributed by atoms with Crippen LogP contribution < -0.4 is 10.0 Å². The summed E-state index contributed by atoms with van der Waals surface area (Å²) in [5.41, 5.74) is 1.91. The summed E-state index contributed by atoms with van der Waals surface area (Å²) in [4.78, 5) is 13.1. The minimum atomic E-state index is -3.69. The second-order valence-electron chi connectivity index (χ2n) is 10.8. The lowest BCUT2D eigenvalue weighted by Gasteiger charge is -2.36. The van der Waals surface area contributed by atoms with Gasteiger partial charge in [0.1, 0.15) is 17.2 Å². The van der Waals surface area contributed by atoms with Crippen LogP contribution in [0.15, 0.2) is 40.8 Å². The van der Waals surface area contributed by atoms with Gasteiger partial charge in [-0.3, -0.25) is 9.52 Å². The van der Waals surface area contributed by atoms with Gasteiger partial charge in [0.25, 0.3) is 5.91 Å². The van der Waals surface area contributed by atoms with Crippen LogP contribution in [0.2, 0.25) is 0 Å². The van der Waals surface area contributed by atoms with Crippen LogP contribution in [0.25, 0.3) is 22.3 Å². The summed E-state index contributed by atoms with van der Waals surface area (Å²) in [5, 5.41) is 2.71. The van der Waals surface area contributed by atoms with E-state index in [1.54, 1.807) is 16.4 Å². The van der Waals surface area contributed by atoms with Crippen molar-refractivity contribution < 1.29 is 30.4 Å². The number of carbonyl (C=O) groups is 1. The highest BCUT2D eigenvalue weighted by atomic mass is 32.2. The number of rotatable bonds is 8. The Morgan fingerprint density at radius 3 is 2.39 bits per heavy atom. The number of piperidine rings is 1. The van der Waals surface area contributed by atoms with Crippen molar-refractivity contribution in [3.63, 3.8) is 0 Å². The molecular formula is C29H36FN3O6S2. The number of amides is 1. The molecule has 0 spiro atoms. The second-order valence-corrected chi connectivity index (χ2v) is 15.1. The molecule has 12 heteroatoms. The third kappa shape index (κ3) is 6.00. The molecule has 0 radical (unpaired) electrons. The van der Waals surface area contributed by atoms with Gasteiger partial charge in [-0.1, -0.05) is 19.3 Å². The summed E-state index contributed by atoms with van der Waals surface area (Å²) < 4.78 is 76.5. The summed E-state index contributed by atoms with van der Waals surface area (Å²) in [7, 11) is -5.69. The van der Waals surface area contributed by atoms with Crippen LogP contribution >= 0.6 is 0 Å². The Labute approximate surface area is 240 Å². The van der Waals surface area contributed by atoms with Crippen LogP contribution in [-0.4, -0.2) is 58.2 Å². The van der Waals surface area contributed by atoms with Crippen molar-refractivity contribution in [3.8, 4) is 11.3 Å². The maximum absolute atomic E-state index is 13.6. The van der Waals surface area contributed by atoms with Gasteiger partial charge in [0.15, 0.2) is 0 Å². The van der Waals surface area contributed by atoms with Crippen LogP contribution in [0.1, 0.15) is 73.7 Å². The van der Waals surface area contributed by atoms with Crippen molar-refractivity contribution in [2.45, 2.75) is 63.0 Å². The molecule has 2 fully saturated rings. The smallest absolute Gasteiger partial charge is 0.255 e. The van der Waals surface area contributed by atoms with E-state index in [9.17, 15) is 26.0 Å². The van der Waals surface area contributed by atoms with E-state index < -0.39 is 31.8 Å². The average Bonchev–Trinajstić information content (AvgIpc) is 3.35. The molecule has 1 aliphatic carbocycles. The van der Waals surface area contributed by atoms with E-state index in [-0.39, 0.29) is 40.4 Å². The van der Waals surface area contributed by atoms with Gasteiger partial charge in [-0.05, 0) is 74.4 Å². The highest BCUT2D eigenvalue weighted by molar-refractivity contribution is 7.92. The average molecular weight is 606 g/mol. The molecule has 1 aliphatic heterocycles. The minimum absolute atomic E-state index is 0.153. The van der Waals surface area contributed by atoms with E-state index in [1.165, 1.54) is 38.2 Å². The van der Waals surface area contributed by atoms with Gasteiger partial charge in [0.2, 0.25) is 20.0 Å². The molecule has 1 saturated carbocycles. The van der Waals surface area contributed by atoms with E-state index in [4.69, 9.17) is 4.42 Å². The SMILES string of the molecule is CCS(=O)(=O)Nc1cc2oc(-c3ccc(F)cc3)c(C(=O)NC)c2cc1[C@@H]1CCCN(S(=O)(=O)C2CCCCC2)C1. The second kappa shape index (κ2) is 11.7. The fourth-order valence-corrected chi connectivity index (χ4v) is 8.76. The van der Waals surface area contributed by atoms with Gasteiger partial charge < -0.3 is 9.73 Å². The number of nitrogens with one attached hydrogen (secondary N) is 2. The summed E-state index contributed by atoms with van der Waals surface area (Å²) in [5.74, 6) is -1.08. The molecule has 3 aromatic rings. The molecule has 1 atom stereocenters. The summed E-state index contributed by atoms with van der Waals surface area (Å²) in [6.07, 6.45) is 5.46. The number of carbonyl (C=O) groups excluding carboxylic acids is 1. The van der Waals surface area contributed by atoms with E-state index in [1.807, 2.05) is 0 Å². The number of fused-ring (bicyclic) bond motifs is 1. The number of anilines is 1. The van der Waals surface area contributed by atoms with E-state index in [0.29, 0.717) is 54.4 Å². The van der Waals surface area contributed by atoms with Crippen LogP contribution in [-0.2, 0) is 20.0 Å². The quantitative estimate of drug-likeness (QED) is 0.364. The van der Waals surface area contributed by atoms with Crippen molar-refractivity contribution >= 4 is 42.6 Å². The zero-order chi connectivity index (χ0) is 29.4. The molecule has 2 heterocycles. The standard InChI is InChI=1S/C29H36FN3O6S2/c1-3-40(35,36)32-25-17-26-24(27(29(34)31-2)28(39-26)19-11-13-21(30)14-12-19)16-23(25)20-8-7-15-33(18-20)41(37,38)22-9-5-4-6-10-22/h11-14,16-17,20,22,32H,3-10,15,18H2,1-2H3,(H,31,34)/t20-/m1/s1. The van der Waals surface area contributed by atoms with Crippen molar-refractivity contribution in [1.82, 2.24) is 9.62 Å². The van der Waals surface area contributed by atoms with E-state index >= 15 is 0 Å². The highest BCUT2D eigenvalue weighted by Gasteiger charge is 2.37. The Morgan fingerprint density at radius 1 is 1.02 bits per heavy atom. The third-order valence-electron chi connectivity index (χ3n) is 8.22. The van der Waals surface area contributed by atoms with Gasteiger partial charge in [-0.15, -0.1) is 0 Å². The Hall–Kier alpha value is -2.96. The fourth-order valence-electron chi connectivity index (χ4n) is 5.98. The van der Waals surface area contributed by atoms with Crippen molar-refractivity contribution in [2.75, 3.05) is 30.6 Å². The van der Waals surface area contributed by atoms with Gasteiger partial charge in [0, 0.05) is 37.2 Å². The van der Waals surface area contributed by atoms with Gasteiger partial charge in [0.05, 0.1) is 22.3 Å². The van der Waals surface area contributed by atoms with Crippen LogP contribution in [0.4, 0.5) is 10.1 Å². The number of halogens is 1. The molecule has 1 saturated heterocycles. The zero-order valence-corrected chi connectivity index (χ0v) is 24.9. The number of sulfonamides is 2. The molecule has 0 bridgehead atoms. The molecule has 2 N–H and O–H groups in total. The predicted molar refractivity (Wildman–Crippen MR) is 157 cm³/mol. The third-order valence-corrected chi connectivity index (χ3v) is 11.9. The lowest BCUT2D eigenvalue weighted by atomic mass is 9.89. The highest BCUT2D eigenvalue weighted by Crippen LogP contribution is 2.41. The van der Waals surface area contributed by atoms with E-state index in [2.05, 4.69) is 10.0 Å². The molecule has 41 heavy (non-hydrogen) atoms. The Kier molecular flexibility index (Phi) is 8.45. The predicted octanol–water partition coefficient (Wildman–Crippen LogP) is 5.20. The van der Waals surface area contributed by atoms with E-state index in [0.717, 1.165) is 19.3 Å². The lowest BCUT2D eigenvalue weighted by molar-refractivity contribution is 0.0964. The van der Waals surface area contributed by atoms with Crippen molar-refractivity contribution in [1.29, 1.82) is 0 Å². The summed E-state index contributed by atoms with van der Waals surface area (Å²) in [6, 6.07) is 8.86. The van der Waals surface area contributed by atoms with Gasteiger partial charge in [-0.2, -0.15) is 0 Å². The molecule has 1 amide bonds. The molecule has 0 unspecified atom stereocenters. The number of furan rings is 1. The number of hydrogen-bond donors (Lipinski definition) is 2. The number of hydrogen-bond acceptors (Lipinski definition) is 6. The first-order valence-electron chi connectivity index (χ1n) is 14.1. The molecule has 2 aliphatic rings. The van der Waals surface area contributed by atoms with Crippen molar-refractivity contribution in [2.24, 2.45) is 0 Å². The summed E-state index contributed by atoms with van der Waals surface area (Å²) in [6.45, 7) is 2.18. The lowest BCUT2D eigenvalue weighted by Crippen LogP contribution is -2.44. The molecule has 2 aromatic carbocycles. The monoisotopic (exact) mass is 605 g/mol. The maximum Gasteiger partial charge on any atom is 0.255 e. The fraction of sp³-hybridized carbons (Fsp3) is 0.483. The molecular weight excluding hydrogens is 569 g/mol. The van der Waals surface area contributed by atoms with Crippen LogP contribution in [0.3, 0.4) is 0 Å². The zero-order valence-electron chi connectivity index (χ0n) is 23.3. The first-order valence-corrected chi connectivity index (χ1v) is 17.3. The Morgan fingerprint density at radius 2 is 1.73 bits per heavy atom. The van der Waals surface area contributed by atoms with Crippen molar-refractivity contribution in [3.05, 3.63) is 53.3 Å². The first kappa shape index (κ1) is 29.5. The molecule has 9 nitrogen and oxygen atoms in total. The van der Waals surface area contributed by atoms with Gasteiger partial charge in [-0.25, -0.2) is 25.5 Å². The molecule has 1 aromatic heterocycles. The Balaban J connectivity index is 1.63. The first-order chi connectivity index (χ1) is 19.5. The number of benzene rings is 2. The normalized spacial score (nSPS) is 19.3. The summed E-state index contributed by atoms with van der Waals surface area (Å²) >= 11 is 0. The van der Waals surface area contributed by atoms with Crippen LogP contribution in [0.5, 0.6) is 0 Å². The number of nitrogens with zero attached hydrogens (tertiary/aromatic N) is 1. The van der Waals surface area contributed by atoms with Crippen LogP contribution in [0, 0.1) is 5.82 Å². The van der Waals surface area contributed by atoms with Gasteiger partial charge >= 0.3 is 0 Å². The topological polar surface area (TPSA) is 126 Å². The Bertz CT molecular complexity index is 1650. The molecule has 5 rings (SSSR count).